The largest absolute Gasteiger partial charge is 0.348 e. The molecule has 0 aliphatic carbocycles. The fourth-order valence-corrected chi connectivity index (χ4v) is 2.94. The average Bonchev–Trinajstić information content (AvgIpc) is 3.11. The molecule has 2 aromatic heterocycles. The lowest BCUT2D eigenvalue weighted by Crippen LogP contribution is -2.12. The van der Waals surface area contributed by atoms with Gasteiger partial charge in [0, 0.05) is 47.3 Å². The van der Waals surface area contributed by atoms with Crippen LogP contribution in [0.2, 0.25) is 0 Å². The van der Waals surface area contributed by atoms with E-state index in [0.717, 1.165) is 28.7 Å². The van der Waals surface area contributed by atoms with Crippen molar-refractivity contribution in [3.8, 4) is 11.4 Å². The zero-order valence-electron chi connectivity index (χ0n) is 14.4. The first kappa shape index (κ1) is 16.0. The number of benzene rings is 2. The van der Waals surface area contributed by atoms with Crippen molar-refractivity contribution in [3.63, 3.8) is 0 Å². The van der Waals surface area contributed by atoms with Crippen LogP contribution < -0.4 is 5.32 Å². The normalized spacial score (nSPS) is 10.8. The quantitative estimate of drug-likeness (QED) is 0.599. The van der Waals surface area contributed by atoms with E-state index in [4.69, 9.17) is 0 Å². The van der Waals surface area contributed by atoms with Gasteiger partial charge in [-0.1, -0.05) is 30.3 Å². The zero-order valence-corrected chi connectivity index (χ0v) is 14.4. The number of nitrogens with one attached hydrogen (secondary N) is 1. The van der Waals surface area contributed by atoms with Crippen molar-refractivity contribution in [2.24, 2.45) is 0 Å². The molecule has 4 aromatic rings. The minimum absolute atomic E-state index is 0.223. The number of fused-ring (bicyclic) bond motifs is 1. The molecule has 1 amide bonds. The Kier molecular flexibility index (Phi) is 4.19. The van der Waals surface area contributed by atoms with Crippen LogP contribution in [0.4, 0.5) is 5.69 Å². The number of hydrogen-bond donors (Lipinski definition) is 1. The summed E-state index contributed by atoms with van der Waals surface area (Å²) in [6, 6.07) is 17.6. The van der Waals surface area contributed by atoms with E-state index in [0.29, 0.717) is 11.4 Å². The molecule has 1 N–H and O–H groups in total. The van der Waals surface area contributed by atoms with E-state index >= 15 is 0 Å². The van der Waals surface area contributed by atoms with Gasteiger partial charge in [0.1, 0.15) is 0 Å². The highest BCUT2D eigenvalue weighted by molar-refractivity contribution is 6.04. The molecule has 26 heavy (non-hydrogen) atoms. The first-order chi connectivity index (χ1) is 12.7. The highest BCUT2D eigenvalue weighted by Gasteiger charge is 2.09. The molecule has 5 heteroatoms. The number of anilines is 1. The van der Waals surface area contributed by atoms with Gasteiger partial charge in [0.25, 0.3) is 5.91 Å². The Labute approximate surface area is 151 Å². The van der Waals surface area contributed by atoms with Gasteiger partial charge in [0.15, 0.2) is 5.82 Å². The molecular formula is C21H18N4O. The molecular weight excluding hydrogens is 324 g/mol. The third-order valence-electron chi connectivity index (χ3n) is 4.32. The fourth-order valence-electron chi connectivity index (χ4n) is 2.94. The van der Waals surface area contributed by atoms with Crippen molar-refractivity contribution >= 4 is 22.5 Å². The first-order valence-electron chi connectivity index (χ1n) is 8.52. The fraction of sp³-hybridized carbons (Fsp3) is 0.0952. The van der Waals surface area contributed by atoms with Crippen molar-refractivity contribution in [1.29, 1.82) is 0 Å². The Morgan fingerprint density at radius 1 is 1.04 bits per heavy atom. The third kappa shape index (κ3) is 3.07. The molecule has 0 saturated heterocycles. The Morgan fingerprint density at radius 2 is 1.81 bits per heavy atom. The average molecular weight is 342 g/mol. The molecule has 0 aliphatic rings. The number of carbonyl (C=O) groups excluding carboxylic acids is 1. The zero-order chi connectivity index (χ0) is 17.9. The van der Waals surface area contributed by atoms with E-state index in [9.17, 15) is 4.79 Å². The molecule has 2 heterocycles. The summed E-state index contributed by atoms with van der Waals surface area (Å²) >= 11 is 0. The van der Waals surface area contributed by atoms with E-state index in [1.165, 1.54) is 0 Å². The van der Waals surface area contributed by atoms with Crippen molar-refractivity contribution < 1.29 is 4.79 Å². The Morgan fingerprint density at radius 3 is 2.54 bits per heavy atom. The van der Waals surface area contributed by atoms with Crippen LogP contribution in [0.25, 0.3) is 22.3 Å². The summed E-state index contributed by atoms with van der Waals surface area (Å²) in [5.74, 6) is 0.378. The van der Waals surface area contributed by atoms with Gasteiger partial charge in [0.2, 0.25) is 0 Å². The van der Waals surface area contributed by atoms with Crippen LogP contribution >= 0.6 is 0 Å². The maximum atomic E-state index is 12.5. The van der Waals surface area contributed by atoms with Gasteiger partial charge in [0.05, 0.1) is 5.56 Å². The lowest BCUT2D eigenvalue weighted by atomic mass is 10.2. The molecule has 0 spiro atoms. The van der Waals surface area contributed by atoms with Crippen LogP contribution in [0.15, 0.2) is 73.2 Å². The first-order valence-corrected chi connectivity index (χ1v) is 8.52. The Balaban J connectivity index is 1.53. The van der Waals surface area contributed by atoms with Gasteiger partial charge < -0.3 is 9.88 Å². The topological polar surface area (TPSA) is 59.8 Å². The monoisotopic (exact) mass is 342 g/mol. The molecule has 0 radical (unpaired) electrons. The van der Waals surface area contributed by atoms with Crippen LogP contribution in [0.1, 0.15) is 17.3 Å². The van der Waals surface area contributed by atoms with Gasteiger partial charge in [-0.15, -0.1) is 0 Å². The summed E-state index contributed by atoms with van der Waals surface area (Å²) in [6.45, 7) is 3.02. The highest BCUT2D eigenvalue weighted by Crippen LogP contribution is 2.21. The number of nitrogens with zero attached hydrogens (tertiary/aromatic N) is 3. The lowest BCUT2D eigenvalue weighted by Gasteiger charge is -2.07. The van der Waals surface area contributed by atoms with Crippen LogP contribution in [-0.4, -0.2) is 20.4 Å². The smallest absolute Gasteiger partial charge is 0.258 e. The molecule has 0 bridgehead atoms. The standard InChI is InChI=1S/C21H18N4O/c1-2-25-11-10-16-12-18(8-9-19(16)25)24-21(26)17-13-22-20(23-14-17)15-6-4-3-5-7-15/h3-14H,2H2,1H3,(H,24,26). The van der Waals surface area contributed by atoms with E-state index in [-0.39, 0.29) is 5.91 Å². The highest BCUT2D eigenvalue weighted by atomic mass is 16.1. The lowest BCUT2D eigenvalue weighted by molar-refractivity contribution is 0.102. The van der Waals surface area contributed by atoms with E-state index in [1.807, 2.05) is 60.8 Å². The van der Waals surface area contributed by atoms with Crippen LogP contribution in [-0.2, 0) is 6.54 Å². The van der Waals surface area contributed by atoms with Gasteiger partial charge >= 0.3 is 0 Å². The van der Waals surface area contributed by atoms with E-state index < -0.39 is 0 Å². The summed E-state index contributed by atoms with van der Waals surface area (Å²) in [4.78, 5) is 21.1. The Hall–Kier alpha value is -3.47. The molecule has 2 aromatic carbocycles. The van der Waals surface area contributed by atoms with Crippen molar-refractivity contribution in [2.45, 2.75) is 13.5 Å². The second-order valence-corrected chi connectivity index (χ2v) is 5.99. The number of aryl methyl sites for hydroxylation is 1. The molecule has 4 rings (SSSR count). The molecule has 0 fully saturated rings. The van der Waals surface area contributed by atoms with Crippen molar-refractivity contribution in [2.75, 3.05) is 5.32 Å². The minimum atomic E-state index is -0.223. The third-order valence-corrected chi connectivity index (χ3v) is 4.32. The number of carbonyl (C=O) groups is 1. The van der Waals surface area contributed by atoms with Gasteiger partial charge in [-0.2, -0.15) is 0 Å². The van der Waals surface area contributed by atoms with Crippen LogP contribution in [0.3, 0.4) is 0 Å². The molecule has 0 saturated carbocycles. The predicted molar refractivity (Wildman–Crippen MR) is 103 cm³/mol. The van der Waals surface area contributed by atoms with E-state index in [2.05, 4.69) is 26.8 Å². The number of amides is 1. The van der Waals surface area contributed by atoms with Crippen molar-refractivity contribution in [3.05, 3.63) is 78.8 Å². The maximum absolute atomic E-state index is 12.5. The summed E-state index contributed by atoms with van der Waals surface area (Å²) in [7, 11) is 0. The summed E-state index contributed by atoms with van der Waals surface area (Å²) in [5.41, 5.74) is 3.26. The number of hydrogen-bond acceptors (Lipinski definition) is 3. The predicted octanol–water partition coefficient (Wildman–Crippen LogP) is 4.37. The summed E-state index contributed by atoms with van der Waals surface area (Å²) < 4.78 is 2.16. The SMILES string of the molecule is CCn1ccc2cc(NC(=O)c3cnc(-c4ccccc4)nc3)ccc21. The second kappa shape index (κ2) is 6.80. The van der Waals surface area contributed by atoms with Gasteiger partial charge in [-0.05, 0) is 31.2 Å². The van der Waals surface area contributed by atoms with Crippen LogP contribution in [0, 0.1) is 0 Å². The van der Waals surface area contributed by atoms with Crippen LogP contribution in [0.5, 0.6) is 0 Å². The van der Waals surface area contributed by atoms with Gasteiger partial charge in [-0.3, -0.25) is 4.79 Å². The molecule has 0 atom stereocenters. The molecule has 0 unspecified atom stereocenters. The summed E-state index contributed by atoms with van der Waals surface area (Å²) in [5, 5.41) is 4.01. The maximum Gasteiger partial charge on any atom is 0.258 e. The second-order valence-electron chi connectivity index (χ2n) is 5.99. The minimum Gasteiger partial charge on any atom is -0.348 e. The van der Waals surface area contributed by atoms with Gasteiger partial charge in [-0.25, -0.2) is 9.97 Å². The summed E-state index contributed by atoms with van der Waals surface area (Å²) in [6.07, 6.45) is 5.15. The number of rotatable bonds is 4. The van der Waals surface area contributed by atoms with Crippen molar-refractivity contribution in [1.82, 2.24) is 14.5 Å². The van der Waals surface area contributed by atoms with E-state index in [1.54, 1.807) is 12.4 Å². The molecule has 128 valence electrons. The number of aromatic nitrogens is 3. The molecule has 0 aliphatic heterocycles. The Bertz CT molecular complexity index is 1050. The molecule has 5 nitrogen and oxygen atoms in total.